The highest BCUT2D eigenvalue weighted by Gasteiger charge is 2.35. The number of hydrogen-bond donors (Lipinski definition) is 0. The largest absolute Gasteiger partial charge is 0.342 e. The summed E-state index contributed by atoms with van der Waals surface area (Å²) in [5, 5.41) is 11.2. The molecule has 2 aromatic heterocycles. The molecule has 2 amide bonds. The number of piperidine rings is 1. The first-order valence-electron chi connectivity index (χ1n) is 11.9. The topological polar surface area (TPSA) is 97.1 Å². The Bertz CT molecular complexity index is 1150. The molecule has 176 valence electrons. The third-order valence-electron chi connectivity index (χ3n) is 7.00. The number of amides is 2. The van der Waals surface area contributed by atoms with Gasteiger partial charge in [-0.05, 0) is 83.8 Å². The van der Waals surface area contributed by atoms with Crippen LogP contribution >= 0.6 is 0 Å². The average Bonchev–Trinajstić information content (AvgIpc) is 3.57. The van der Waals surface area contributed by atoms with E-state index in [1.54, 1.807) is 17.1 Å². The molecule has 1 aromatic carbocycles. The van der Waals surface area contributed by atoms with E-state index in [-0.39, 0.29) is 11.8 Å². The molecule has 5 rings (SSSR count). The number of pyridine rings is 1. The molecule has 9 nitrogen and oxygen atoms in total. The molecule has 0 bridgehead atoms. The van der Waals surface area contributed by atoms with Gasteiger partial charge in [-0.25, -0.2) is 4.68 Å². The Balaban J connectivity index is 1.17. The highest BCUT2D eigenvalue weighted by molar-refractivity contribution is 5.94. The number of rotatable bonds is 5. The van der Waals surface area contributed by atoms with Crippen molar-refractivity contribution in [1.29, 1.82) is 0 Å². The smallest absolute Gasteiger partial charge is 0.253 e. The predicted octanol–water partition coefficient (Wildman–Crippen LogP) is 2.31. The minimum Gasteiger partial charge on any atom is -0.342 e. The van der Waals surface area contributed by atoms with E-state index in [2.05, 4.69) is 20.5 Å². The minimum atomic E-state index is 0.0569. The van der Waals surface area contributed by atoms with Gasteiger partial charge in [0.05, 0.1) is 12.1 Å². The monoisotopic (exact) mass is 459 g/mol. The molecule has 4 heterocycles. The van der Waals surface area contributed by atoms with Gasteiger partial charge in [0.1, 0.15) is 6.33 Å². The van der Waals surface area contributed by atoms with Gasteiger partial charge in [0.2, 0.25) is 5.91 Å². The van der Waals surface area contributed by atoms with Crippen LogP contribution < -0.4 is 0 Å². The van der Waals surface area contributed by atoms with Crippen LogP contribution in [0.2, 0.25) is 0 Å². The van der Waals surface area contributed by atoms with Crippen molar-refractivity contribution in [2.75, 3.05) is 26.2 Å². The Morgan fingerprint density at radius 2 is 1.79 bits per heavy atom. The number of nitrogens with zero attached hydrogens (tertiary/aromatic N) is 7. The van der Waals surface area contributed by atoms with Crippen molar-refractivity contribution in [2.24, 2.45) is 11.8 Å². The minimum absolute atomic E-state index is 0.0569. The van der Waals surface area contributed by atoms with Gasteiger partial charge < -0.3 is 9.80 Å². The van der Waals surface area contributed by atoms with Crippen LogP contribution in [0.1, 0.15) is 40.7 Å². The van der Waals surface area contributed by atoms with Gasteiger partial charge in [-0.3, -0.25) is 14.6 Å². The first kappa shape index (κ1) is 22.2. The Hall–Kier alpha value is -3.62. The van der Waals surface area contributed by atoms with E-state index in [4.69, 9.17) is 0 Å². The van der Waals surface area contributed by atoms with Crippen molar-refractivity contribution in [3.8, 4) is 5.69 Å². The molecule has 0 radical (unpaired) electrons. The van der Waals surface area contributed by atoms with Gasteiger partial charge in [-0.15, -0.1) is 5.10 Å². The van der Waals surface area contributed by atoms with Gasteiger partial charge in [-0.2, -0.15) is 0 Å². The maximum absolute atomic E-state index is 13.1. The molecule has 2 aliphatic heterocycles. The lowest BCUT2D eigenvalue weighted by Gasteiger charge is -2.36. The highest BCUT2D eigenvalue weighted by Crippen LogP contribution is 2.32. The van der Waals surface area contributed by atoms with E-state index < -0.39 is 0 Å². The van der Waals surface area contributed by atoms with Gasteiger partial charge in [0, 0.05) is 44.1 Å². The van der Waals surface area contributed by atoms with E-state index >= 15 is 0 Å². The number of carbonyl (C=O) groups excluding carboxylic acids is 2. The van der Waals surface area contributed by atoms with Gasteiger partial charge >= 0.3 is 0 Å². The summed E-state index contributed by atoms with van der Waals surface area (Å²) in [6.45, 7) is 5.11. The van der Waals surface area contributed by atoms with Crippen LogP contribution in [0.15, 0.2) is 49.1 Å². The lowest BCUT2D eigenvalue weighted by molar-refractivity contribution is -0.132. The van der Waals surface area contributed by atoms with Crippen molar-refractivity contribution in [2.45, 2.75) is 32.6 Å². The van der Waals surface area contributed by atoms with Crippen LogP contribution in [0.4, 0.5) is 0 Å². The number of aryl methyl sites for hydroxylation is 1. The average molecular weight is 460 g/mol. The van der Waals surface area contributed by atoms with Gasteiger partial charge in [0.25, 0.3) is 5.91 Å². The molecule has 2 atom stereocenters. The summed E-state index contributed by atoms with van der Waals surface area (Å²) in [6, 6.07) is 9.39. The lowest BCUT2D eigenvalue weighted by Crippen LogP contribution is -2.43. The Kier molecular flexibility index (Phi) is 6.33. The standard InChI is InChI=1S/C25H29N7O2/c1-18-11-19(14-26-13-18)12-24(33)30-9-2-3-21(15-30)22-8-10-31(16-22)25(34)20-4-6-23(7-5-20)32-17-27-28-29-32/h4-7,11,13-14,17,21-22H,2-3,8-10,12,15-16H2,1H3. The third-order valence-corrected chi connectivity index (χ3v) is 7.00. The fourth-order valence-electron chi connectivity index (χ4n) is 5.20. The fourth-order valence-corrected chi connectivity index (χ4v) is 5.20. The molecule has 2 aliphatic rings. The van der Waals surface area contributed by atoms with Crippen molar-refractivity contribution >= 4 is 11.8 Å². The summed E-state index contributed by atoms with van der Waals surface area (Å²) in [5.41, 5.74) is 3.53. The quantitative estimate of drug-likeness (QED) is 0.581. The zero-order valence-corrected chi connectivity index (χ0v) is 19.4. The van der Waals surface area contributed by atoms with E-state index in [1.807, 2.05) is 47.1 Å². The van der Waals surface area contributed by atoms with Crippen molar-refractivity contribution < 1.29 is 9.59 Å². The Morgan fingerprint density at radius 3 is 2.56 bits per heavy atom. The molecule has 0 spiro atoms. The van der Waals surface area contributed by atoms with Crippen LogP contribution in [0.5, 0.6) is 0 Å². The van der Waals surface area contributed by atoms with Crippen LogP contribution in [0.3, 0.4) is 0 Å². The first-order chi connectivity index (χ1) is 16.6. The number of tetrazole rings is 1. The maximum Gasteiger partial charge on any atom is 0.253 e. The normalized spacial score (nSPS) is 20.5. The number of likely N-dealkylation sites (tertiary alicyclic amines) is 2. The van der Waals surface area contributed by atoms with Gasteiger partial charge in [0.15, 0.2) is 0 Å². The van der Waals surface area contributed by atoms with Crippen LogP contribution in [0, 0.1) is 18.8 Å². The second-order valence-corrected chi connectivity index (χ2v) is 9.39. The van der Waals surface area contributed by atoms with E-state index in [9.17, 15) is 9.59 Å². The molecule has 3 aromatic rings. The SMILES string of the molecule is Cc1cncc(CC(=O)N2CCCC(C3CCN(C(=O)c4ccc(-n5cnnn5)cc4)C3)C2)c1. The molecule has 0 aliphatic carbocycles. The summed E-state index contributed by atoms with van der Waals surface area (Å²) in [7, 11) is 0. The van der Waals surface area contributed by atoms with Crippen molar-refractivity contribution in [3.63, 3.8) is 0 Å². The van der Waals surface area contributed by atoms with Crippen LogP contribution in [-0.2, 0) is 11.2 Å². The summed E-state index contributed by atoms with van der Waals surface area (Å²) >= 11 is 0. The zero-order chi connectivity index (χ0) is 23.5. The molecule has 0 saturated carbocycles. The number of carbonyl (C=O) groups is 2. The number of benzene rings is 1. The molecule has 0 N–H and O–H groups in total. The number of hydrogen-bond acceptors (Lipinski definition) is 6. The zero-order valence-electron chi connectivity index (χ0n) is 19.4. The maximum atomic E-state index is 13.1. The van der Waals surface area contributed by atoms with E-state index in [0.717, 1.165) is 62.3 Å². The van der Waals surface area contributed by atoms with Crippen molar-refractivity contribution in [1.82, 2.24) is 35.0 Å². The Labute approximate surface area is 198 Å². The number of aromatic nitrogens is 5. The summed E-state index contributed by atoms with van der Waals surface area (Å²) < 4.78 is 1.56. The van der Waals surface area contributed by atoms with Crippen LogP contribution in [0.25, 0.3) is 5.69 Å². The summed E-state index contributed by atoms with van der Waals surface area (Å²) in [4.78, 5) is 34.2. The summed E-state index contributed by atoms with van der Waals surface area (Å²) in [6.07, 6.45) is 8.63. The summed E-state index contributed by atoms with van der Waals surface area (Å²) in [5.74, 6) is 1.10. The second-order valence-electron chi connectivity index (χ2n) is 9.39. The lowest BCUT2D eigenvalue weighted by atomic mass is 9.84. The fraction of sp³-hybridized carbons (Fsp3) is 0.440. The first-order valence-corrected chi connectivity index (χ1v) is 11.9. The van der Waals surface area contributed by atoms with Crippen LogP contribution in [-0.4, -0.2) is 73.0 Å². The van der Waals surface area contributed by atoms with E-state index in [1.165, 1.54) is 6.33 Å². The molecule has 34 heavy (non-hydrogen) atoms. The molecule has 2 fully saturated rings. The molecular weight excluding hydrogens is 430 g/mol. The Morgan fingerprint density at radius 1 is 1.00 bits per heavy atom. The predicted molar refractivity (Wildman–Crippen MR) is 125 cm³/mol. The van der Waals surface area contributed by atoms with Crippen molar-refractivity contribution in [3.05, 3.63) is 65.7 Å². The van der Waals surface area contributed by atoms with E-state index in [0.29, 0.717) is 23.8 Å². The molecule has 2 saturated heterocycles. The van der Waals surface area contributed by atoms with Gasteiger partial charge in [-0.1, -0.05) is 6.07 Å². The molecule has 2 unspecified atom stereocenters. The molecular formula is C25H29N7O2. The second kappa shape index (κ2) is 9.70. The highest BCUT2D eigenvalue weighted by atomic mass is 16.2. The third kappa shape index (κ3) is 4.83. The molecule has 9 heteroatoms.